The summed E-state index contributed by atoms with van der Waals surface area (Å²) in [4.78, 5) is 37.1. The molecule has 0 bridgehead atoms. The van der Waals surface area contributed by atoms with Crippen LogP contribution in [0.4, 0.5) is 0 Å². The predicted octanol–water partition coefficient (Wildman–Crippen LogP) is 3.59. The fourth-order valence-corrected chi connectivity index (χ4v) is 3.56. The van der Waals surface area contributed by atoms with Crippen LogP contribution in [0, 0.1) is 0 Å². The van der Waals surface area contributed by atoms with Gasteiger partial charge in [0.25, 0.3) is 11.8 Å². The van der Waals surface area contributed by atoms with E-state index in [0.29, 0.717) is 35.0 Å². The molecule has 0 aromatic heterocycles. The molecule has 2 amide bonds. The monoisotopic (exact) mass is 462 g/mol. The van der Waals surface area contributed by atoms with E-state index in [1.54, 1.807) is 24.3 Å². The molecular weight excluding hydrogens is 443 g/mol. The minimum absolute atomic E-state index is 0.00562. The van der Waals surface area contributed by atoms with Gasteiger partial charge >= 0.3 is 5.97 Å². The number of aliphatic hydroxyl groups excluding tert-OH is 1. The summed E-state index contributed by atoms with van der Waals surface area (Å²) >= 11 is 11.9. The van der Waals surface area contributed by atoms with E-state index in [9.17, 15) is 19.5 Å². The number of carboxylic acids is 1. The van der Waals surface area contributed by atoms with E-state index in [1.807, 2.05) is 6.07 Å². The molecule has 0 aliphatic carbocycles. The number of aromatic carboxylic acids is 1. The van der Waals surface area contributed by atoms with Crippen LogP contribution in [0.2, 0.25) is 10.0 Å². The van der Waals surface area contributed by atoms with Crippen LogP contribution < -0.4 is 5.32 Å². The Morgan fingerprint density at radius 2 is 1.84 bits per heavy atom. The highest BCUT2D eigenvalue weighted by atomic mass is 35.5. The van der Waals surface area contributed by atoms with Gasteiger partial charge in [0.1, 0.15) is 0 Å². The lowest BCUT2D eigenvalue weighted by Gasteiger charge is -2.16. The summed E-state index contributed by atoms with van der Waals surface area (Å²) in [6, 6.07) is 11.5. The molecule has 1 aliphatic rings. The summed E-state index contributed by atoms with van der Waals surface area (Å²) in [6.07, 6.45) is 1.31. The van der Waals surface area contributed by atoms with Crippen LogP contribution in [0.5, 0.6) is 0 Å². The molecule has 9 heteroatoms. The maximum atomic E-state index is 12.4. The zero-order valence-electron chi connectivity index (χ0n) is 16.4. The highest BCUT2D eigenvalue weighted by molar-refractivity contribution is 6.42. The number of amides is 2. The molecule has 31 heavy (non-hydrogen) atoms. The first-order valence-electron chi connectivity index (χ1n) is 9.52. The maximum Gasteiger partial charge on any atom is 0.335 e. The van der Waals surface area contributed by atoms with Crippen molar-refractivity contribution >= 4 is 41.0 Å². The summed E-state index contributed by atoms with van der Waals surface area (Å²) in [5.41, 5.74) is 1.66. The van der Waals surface area contributed by atoms with Crippen LogP contribution in [-0.4, -0.2) is 46.0 Å². The van der Waals surface area contributed by atoms with Crippen molar-refractivity contribution in [3.8, 4) is 0 Å². The van der Waals surface area contributed by atoms with E-state index < -0.39 is 23.5 Å². The first-order chi connectivity index (χ1) is 14.8. The molecule has 0 radical (unpaired) electrons. The molecule has 3 rings (SSSR count). The Morgan fingerprint density at radius 3 is 2.55 bits per heavy atom. The lowest BCUT2D eigenvalue weighted by Crippen LogP contribution is -2.30. The average molecular weight is 463 g/mol. The molecule has 0 unspecified atom stereocenters. The van der Waals surface area contributed by atoms with Crippen molar-refractivity contribution in [1.82, 2.24) is 10.2 Å². The third kappa shape index (κ3) is 5.57. The quantitative estimate of drug-likeness (QED) is 0.519. The van der Waals surface area contributed by atoms with Gasteiger partial charge in [0.15, 0.2) is 5.76 Å². The van der Waals surface area contributed by atoms with Crippen molar-refractivity contribution in [2.45, 2.75) is 19.4 Å². The van der Waals surface area contributed by atoms with Crippen molar-refractivity contribution in [2.24, 2.45) is 0 Å². The number of aryl methyl sites for hydroxylation is 1. The lowest BCUT2D eigenvalue weighted by atomic mass is 10.1. The topological polar surface area (TPSA) is 107 Å². The standard InChI is InChI=1S/C22H20Cl2N2O5/c23-17-7-6-13(10-18(17)24)4-2-8-25-20(28)16-12-26(21(29)19(16)27)11-14-3-1-5-15(9-14)22(30)31/h1,3,5-7,9-10,27H,2,4,8,11-12H2,(H,25,28)(H,30,31). The molecule has 3 N–H and O–H groups in total. The summed E-state index contributed by atoms with van der Waals surface area (Å²) < 4.78 is 0. The Kier molecular flexibility index (Phi) is 7.20. The largest absolute Gasteiger partial charge is 0.503 e. The second kappa shape index (κ2) is 9.85. The van der Waals surface area contributed by atoms with E-state index in [-0.39, 0.29) is 24.2 Å². The Morgan fingerprint density at radius 1 is 1.06 bits per heavy atom. The van der Waals surface area contributed by atoms with Crippen LogP contribution in [0.15, 0.2) is 53.8 Å². The molecule has 7 nitrogen and oxygen atoms in total. The van der Waals surface area contributed by atoms with Gasteiger partial charge < -0.3 is 20.4 Å². The Bertz CT molecular complexity index is 1070. The van der Waals surface area contributed by atoms with Gasteiger partial charge in [-0.1, -0.05) is 41.4 Å². The van der Waals surface area contributed by atoms with Crippen molar-refractivity contribution in [3.63, 3.8) is 0 Å². The first-order valence-corrected chi connectivity index (χ1v) is 10.3. The van der Waals surface area contributed by atoms with Crippen molar-refractivity contribution in [3.05, 3.63) is 80.5 Å². The molecule has 0 atom stereocenters. The number of carbonyl (C=O) groups is 3. The number of hydrogen-bond acceptors (Lipinski definition) is 4. The van der Waals surface area contributed by atoms with Crippen molar-refractivity contribution < 1.29 is 24.6 Å². The lowest BCUT2D eigenvalue weighted by molar-refractivity contribution is -0.128. The molecule has 1 aliphatic heterocycles. The normalized spacial score (nSPS) is 13.6. The molecule has 0 saturated carbocycles. The number of hydrogen-bond donors (Lipinski definition) is 3. The Balaban J connectivity index is 1.53. The highest BCUT2D eigenvalue weighted by Gasteiger charge is 2.33. The van der Waals surface area contributed by atoms with Gasteiger partial charge in [-0.25, -0.2) is 4.79 Å². The van der Waals surface area contributed by atoms with Crippen LogP contribution in [0.3, 0.4) is 0 Å². The SMILES string of the molecule is O=C(NCCCc1ccc(Cl)c(Cl)c1)C1=C(O)C(=O)N(Cc2cccc(C(=O)O)c2)C1. The van der Waals surface area contributed by atoms with E-state index in [1.165, 1.54) is 17.0 Å². The zero-order valence-corrected chi connectivity index (χ0v) is 17.9. The van der Waals surface area contributed by atoms with Crippen LogP contribution >= 0.6 is 23.2 Å². The van der Waals surface area contributed by atoms with E-state index in [2.05, 4.69) is 5.32 Å². The maximum absolute atomic E-state index is 12.4. The number of aliphatic hydroxyl groups is 1. The second-order valence-electron chi connectivity index (χ2n) is 7.10. The second-order valence-corrected chi connectivity index (χ2v) is 7.92. The molecular formula is C22H20Cl2N2O5. The Labute approximate surface area is 188 Å². The van der Waals surface area contributed by atoms with Gasteiger partial charge in [0, 0.05) is 13.1 Å². The molecule has 2 aromatic carbocycles. The molecule has 162 valence electrons. The molecule has 1 heterocycles. The van der Waals surface area contributed by atoms with Gasteiger partial charge in [0.05, 0.1) is 27.7 Å². The van der Waals surface area contributed by atoms with E-state index in [0.717, 1.165) is 5.56 Å². The molecule has 0 spiro atoms. The summed E-state index contributed by atoms with van der Waals surface area (Å²) in [5, 5.41) is 22.9. The summed E-state index contributed by atoms with van der Waals surface area (Å²) in [5.74, 6) is -2.84. The van der Waals surface area contributed by atoms with Crippen molar-refractivity contribution in [2.75, 3.05) is 13.1 Å². The molecule has 2 aromatic rings. The third-order valence-electron chi connectivity index (χ3n) is 4.86. The summed E-state index contributed by atoms with van der Waals surface area (Å²) in [7, 11) is 0. The zero-order chi connectivity index (χ0) is 22.5. The fraction of sp³-hybridized carbons (Fsp3) is 0.227. The average Bonchev–Trinajstić information content (AvgIpc) is 3.02. The number of carboxylic acid groups (broad SMARTS) is 1. The van der Waals surface area contributed by atoms with Gasteiger partial charge in [-0.3, -0.25) is 9.59 Å². The predicted molar refractivity (Wildman–Crippen MR) is 116 cm³/mol. The number of carbonyl (C=O) groups excluding carboxylic acids is 2. The van der Waals surface area contributed by atoms with Crippen LogP contribution in [-0.2, 0) is 22.6 Å². The van der Waals surface area contributed by atoms with Gasteiger partial charge in [-0.15, -0.1) is 0 Å². The van der Waals surface area contributed by atoms with Crippen molar-refractivity contribution in [1.29, 1.82) is 0 Å². The van der Waals surface area contributed by atoms with Gasteiger partial charge in [0.2, 0.25) is 0 Å². The fourth-order valence-electron chi connectivity index (χ4n) is 3.24. The number of rotatable bonds is 8. The third-order valence-corrected chi connectivity index (χ3v) is 5.60. The first kappa shape index (κ1) is 22.7. The van der Waals surface area contributed by atoms with Crippen LogP contribution in [0.1, 0.15) is 27.9 Å². The minimum Gasteiger partial charge on any atom is -0.503 e. The van der Waals surface area contributed by atoms with Gasteiger partial charge in [-0.2, -0.15) is 0 Å². The van der Waals surface area contributed by atoms with E-state index >= 15 is 0 Å². The van der Waals surface area contributed by atoms with Gasteiger partial charge in [-0.05, 0) is 48.2 Å². The number of nitrogens with one attached hydrogen (secondary N) is 1. The highest BCUT2D eigenvalue weighted by Crippen LogP contribution is 2.23. The molecule has 0 fully saturated rings. The summed E-state index contributed by atoms with van der Waals surface area (Å²) in [6.45, 7) is 0.378. The smallest absolute Gasteiger partial charge is 0.335 e. The number of halogens is 2. The van der Waals surface area contributed by atoms with Crippen LogP contribution in [0.25, 0.3) is 0 Å². The van der Waals surface area contributed by atoms with E-state index in [4.69, 9.17) is 28.3 Å². The Hall–Kier alpha value is -3.03. The number of benzene rings is 2. The number of nitrogens with zero attached hydrogens (tertiary/aromatic N) is 1. The molecule has 0 saturated heterocycles. The minimum atomic E-state index is -1.07.